The van der Waals surface area contributed by atoms with Crippen LogP contribution >= 0.6 is 0 Å². The number of rotatable bonds is 5. The molecule has 2 atom stereocenters. The Labute approximate surface area is 124 Å². The van der Waals surface area contributed by atoms with Crippen LogP contribution in [0.25, 0.3) is 0 Å². The Hall–Kier alpha value is -1.44. The van der Waals surface area contributed by atoms with Crippen LogP contribution in [-0.2, 0) is 14.8 Å². The molecule has 116 valence electrons. The third-order valence-electron chi connectivity index (χ3n) is 3.76. The number of hydrogen-bond acceptors (Lipinski definition) is 4. The monoisotopic (exact) mass is 312 g/mol. The molecule has 0 saturated heterocycles. The van der Waals surface area contributed by atoms with Gasteiger partial charge in [0.25, 0.3) is 0 Å². The maximum atomic E-state index is 12.4. The molecule has 1 aliphatic heterocycles. The zero-order chi connectivity index (χ0) is 15.8. The lowest BCUT2D eigenvalue weighted by atomic mass is 10.0. The van der Waals surface area contributed by atoms with Gasteiger partial charge in [-0.3, -0.25) is 4.79 Å². The predicted octanol–water partition coefficient (Wildman–Crippen LogP) is 1.04. The fourth-order valence-electron chi connectivity index (χ4n) is 2.21. The van der Waals surface area contributed by atoms with Crippen molar-refractivity contribution in [3.8, 4) is 0 Å². The number of amides is 1. The van der Waals surface area contributed by atoms with E-state index in [9.17, 15) is 18.3 Å². The first-order valence-electron chi connectivity index (χ1n) is 6.84. The van der Waals surface area contributed by atoms with Crippen LogP contribution in [-0.4, -0.2) is 32.1 Å². The molecule has 0 aliphatic carbocycles. The van der Waals surface area contributed by atoms with E-state index in [1.807, 2.05) is 13.8 Å². The summed E-state index contributed by atoms with van der Waals surface area (Å²) in [5.41, 5.74) is 1.32. The Morgan fingerprint density at radius 2 is 2.05 bits per heavy atom. The summed E-state index contributed by atoms with van der Waals surface area (Å²) in [5, 5.41) is 12.0. The molecular formula is C14H20N2O4S. The fourth-order valence-corrected chi connectivity index (χ4v) is 3.62. The summed E-state index contributed by atoms with van der Waals surface area (Å²) in [6, 6.07) is 4.01. The normalized spacial score (nSPS) is 19.5. The number of aliphatic hydroxyl groups excluding tert-OH is 1. The lowest BCUT2D eigenvalue weighted by Gasteiger charge is -2.20. The molecule has 0 bridgehead atoms. The van der Waals surface area contributed by atoms with Crippen LogP contribution in [0.5, 0.6) is 0 Å². The Kier molecular flexibility index (Phi) is 4.36. The van der Waals surface area contributed by atoms with Crippen molar-refractivity contribution in [3.05, 3.63) is 23.8 Å². The topological polar surface area (TPSA) is 95.5 Å². The van der Waals surface area contributed by atoms with Gasteiger partial charge in [-0.2, -0.15) is 0 Å². The van der Waals surface area contributed by atoms with Crippen molar-refractivity contribution in [2.75, 3.05) is 11.9 Å². The van der Waals surface area contributed by atoms with Crippen LogP contribution in [0.1, 0.15) is 32.3 Å². The predicted molar refractivity (Wildman–Crippen MR) is 79.5 cm³/mol. The molecule has 3 N–H and O–H groups in total. The second kappa shape index (κ2) is 5.75. The summed E-state index contributed by atoms with van der Waals surface area (Å²) in [4.78, 5) is 11.7. The van der Waals surface area contributed by atoms with Gasteiger partial charge in [-0.05, 0) is 36.6 Å². The lowest BCUT2D eigenvalue weighted by Crippen LogP contribution is -2.41. The van der Waals surface area contributed by atoms with Crippen LogP contribution in [0, 0.1) is 5.92 Å². The minimum absolute atomic E-state index is 0.0265. The number of benzene rings is 1. The molecule has 1 heterocycles. The third-order valence-corrected chi connectivity index (χ3v) is 5.25. The molecule has 1 aliphatic rings. The second-order valence-electron chi connectivity index (χ2n) is 5.61. The van der Waals surface area contributed by atoms with E-state index in [2.05, 4.69) is 10.0 Å². The number of nitrogens with one attached hydrogen (secondary N) is 2. The molecule has 2 rings (SSSR count). The first-order chi connectivity index (χ1) is 9.76. The average Bonchev–Trinajstić information content (AvgIpc) is 2.71. The Morgan fingerprint density at radius 1 is 1.38 bits per heavy atom. The highest BCUT2D eigenvalue weighted by Crippen LogP contribution is 2.33. The third kappa shape index (κ3) is 3.09. The number of hydrogen-bond donors (Lipinski definition) is 3. The summed E-state index contributed by atoms with van der Waals surface area (Å²) < 4.78 is 27.2. The molecular weight excluding hydrogens is 292 g/mol. The average molecular weight is 312 g/mol. The van der Waals surface area contributed by atoms with E-state index in [0.29, 0.717) is 11.3 Å². The van der Waals surface area contributed by atoms with Crippen LogP contribution in [0.2, 0.25) is 0 Å². The van der Waals surface area contributed by atoms with Gasteiger partial charge in [0.15, 0.2) is 0 Å². The van der Waals surface area contributed by atoms with Gasteiger partial charge in [0.1, 0.15) is 0 Å². The molecule has 0 fully saturated rings. The fraction of sp³-hybridized carbons (Fsp3) is 0.500. The van der Waals surface area contributed by atoms with Gasteiger partial charge >= 0.3 is 0 Å². The Balaban J connectivity index is 2.32. The summed E-state index contributed by atoms with van der Waals surface area (Å²) in [7, 11) is -3.73. The minimum Gasteiger partial charge on any atom is -0.395 e. The summed E-state index contributed by atoms with van der Waals surface area (Å²) in [6.07, 6.45) is 0. The number of anilines is 1. The summed E-state index contributed by atoms with van der Waals surface area (Å²) >= 11 is 0. The highest BCUT2D eigenvalue weighted by atomic mass is 32.2. The van der Waals surface area contributed by atoms with Gasteiger partial charge in [0, 0.05) is 11.7 Å². The van der Waals surface area contributed by atoms with Gasteiger partial charge in [-0.1, -0.05) is 13.8 Å². The quantitative estimate of drug-likeness (QED) is 0.757. The maximum absolute atomic E-state index is 12.4. The zero-order valence-electron chi connectivity index (χ0n) is 12.3. The standard InChI is InChI=1S/C14H20N2O4S/c1-8(2)13(7-17)16-21(19,20)10-4-5-12-11(6-10)9(3)14(18)15-12/h4-6,8-9,13,16-17H,7H2,1-3H3,(H,15,18)/t9?,13-/m1/s1. The van der Waals surface area contributed by atoms with E-state index < -0.39 is 16.1 Å². The Morgan fingerprint density at radius 3 is 2.62 bits per heavy atom. The molecule has 21 heavy (non-hydrogen) atoms. The van der Waals surface area contributed by atoms with Crippen molar-refractivity contribution in [3.63, 3.8) is 0 Å². The highest BCUT2D eigenvalue weighted by molar-refractivity contribution is 7.89. The van der Waals surface area contributed by atoms with Crippen molar-refractivity contribution in [2.24, 2.45) is 5.92 Å². The van der Waals surface area contributed by atoms with E-state index in [1.165, 1.54) is 12.1 Å². The van der Waals surface area contributed by atoms with Crippen molar-refractivity contribution >= 4 is 21.6 Å². The van der Waals surface area contributed by atoms with Gasteiger partial charge in [-0.25, -0.2) is 13.1 Å². The van der Waals surface area contributed by atoms with Gasteiger partial charge in [0.2, 0.25) is 15.9 Å². The molecule has 7 heteroatoms. The first-order valence-corrected chi connectivity index (χ1v) is 8.32. The Bertz CT molecular complexity index is 655. The second-order valence-corrected chi connectivity index (χ2v) is 7.33. The van der Waals surface area contributed by atoms with Gasteiger partial charge < -0.3 is 10.4 Å². The van der Waals surface area contributed by atoms with Crippen LogP contribution in [0.15, 0.2) is 23.1 Å². The highest BCUT2D eigenvalue weighted by Gasteiger charge is 2.29. The molecule has 0 aromatic heterocycles. The lowest BCUT2D eigenvalue weighted by molar-refractivity contribution is -0.116. The van der Waals surface area contributed by atoms with E-state index in [4.69, 9.17) is 0 Å². The van der Waals surface area contributed by atoms with E-state index in [-0.39, 0.29) is 29.2 Å². The molecule has 0 spiro atoms. The number of aliphatic hydroxyl groups is 1. The largest absolute Gasteiger partial charge is 0.395 e. The number of carbonyl (C=O) groups excluding carboxylic acids is 1. The molecule has 0 radical (unpaired) electrons. The van der Waals surface area contributed by atoms with E-state index in [0.717, 1.165) is 0 Å². The number of sulfonamides is 1. The van der Waals surface area contributed by atoms with Crippen molar-refractivity contribution in [1.82, 2.24) is 4.72 Å². The van der Waals surface area contributed by atoms with Crippen molar-refractivity contribution < 1.29 is 18.3 Å². The minimum atomic E-state index is -3.73. The molecule has 0 saturated carbocycles. The smallest absolute Gasteiger partial charge is 0.240 e. The first kappa shape index (κ1) is 15.9. The molecule has 1 aromatic carbocycles. The SMILES string of the molecule is CC1C(=O)Nc2ccc(S(=O)(=O)N[C@H](CO)C(C)C)cc21. The number of carbonyl (C=O) groups is 1. The number of fused-ring (bicyclic) bond motifs is 1. The van der Waals surface area contributed by atoms with Crippen LogP contribution in [0.4, 0.5) is 5.69 Å². The van der Waals surface area contributed by atoms with Gasteiger partial charge in [-0.15, -0.1) is 0 Å². The van der Waals surface area contributed by atoms with Crippen molar-refractivity contribution in [1.29, 1.82) is 0 Å². The van der Waals surface area contributed by atoms with E-state index >= 15 is 0 Å². The zero-order valence-corrected chi connectivity index (χ0v) is 13.1. The molecule has 1 unspecified atom stereocenters. The van der Waals surface area contributed by atoms with Crippen LogP contribution in [0.3, 0.4) is 0 Å². The molecule has 6 nitrogen and oxygen atoms in total. The molecule has 1 aromatic rings. The van der Waals surface area contributed by atoms with Gasteiger partial charge in [0.05, 0.1) is 17.4 Å². The van der Waals surface area contributed by atoms with Crippen molar-refractivity contribution in [2.45, 2.75) is 37.6 Å². The van der Waals surface area contributed by atoms with Crippen LogP contribution < -0.4 is 10.0 Å². The van der Waals surface area contributed by atoms with E-state index in [1.54, 1.807) is 13.0 Å². The summed E-state index contributed by atoms with van der Waals surface area (Å²) in [6.45, 7) is 5.13. The summed E-state index contributed by atoms with van der Waals surface area (Å²) in [5.74, 6) is -0.529. The maximum Gasteiger partial charge on any atom is 0.240 e. The molecule has 1 amide bonds.